The van der Waals surface area contributed by atoms with Gasteiger partial charge in [0.2, 0.25) is 0 Å². The fourth-order valence-electron chi connectivity index (χ4n) is 4.65. The van der Waals surface area contributed by atoms with E-state index in [2.05, 4.69) is 25.9 Å². The van der Waals surface area contributed by atoms with E-state index in [9.17, 15) is 18.0 Å². The predicted octanol–water partition coefficient (Wildman–Crippen LogP) is 5.05. The van der Waals surface area contributed by atoms with Gasteiger partial charge in [0.1, 0.15) is 5.82 Å². The molecule has 0 spiro atoms. The van der Waals surface area contributed by atoms with E-state index >= 15 is 0 Å². The van der Waals surface area contributed by atoms with Crippen LogP contribution >= 0.6 is 0 Å². The fraction of sp³-hybridized carbons (Fsp3) is 0.333. The van der Waals surface area contributed by atoms with Crippen LogP contribution in [0.4, 0.5) is 13.2 Å². The summed E-state index contributed by atoms with van der Waals surface area (Å²) in [4.78, 5) is 27.2. The van der Waals surface area contributed by atoms with Gasteiger partial charge in [-0.3, -0.25) is 24.2 Å². The molecule has 3 aromatic rings. The Morgan fingerprint density at radius 2 is 1.92 bits per heavy atom. The lowest BCUT2D eigenvalue weighted by atomic mass is 9.95. The van der Waals surface area contributed by atoms with Crippen LogP contribution in [-0.2, 0) is 26.2 Å². The maximum Gasteiger partial charge on any atom is 0.417 e. The number of rotatable bonds is 5. The maximum atomic E-state index is 13.6. The summed E-state index contributed by atoms with van der Waals surface area (Å²) in [5, 5.41) is 0. The van der Waals surface area contributed by atoms with Crippen LogP contribution in [0.25, 0.3) is 16.7 Å². The van der Waals surface area contributed by atoms with Crippen molar-refractivity contribution in [2.45, 2.75) is 46.0 Å². The molecule has 1 aliphatic rings. The Kier molecular flexibility index (Phi) is 7.21. The van der Waals surface area contributed by atoms with Crippen molar-refractivity contribution in [3.05, 3.63) is 93.7 Å². The van der Waals surface area contributed by atoms with Gasteiger partial charge in [-0.25, -0.2) is 4.98 Å². The Balaban J connectivity index is 1.70. The quantitative estimate of drug-likeness (QED) is 0.464. The Labute approximate surface area is 207 Å². The topological polar surface area (TPSA) is 63.9 Å². The lowest BCUT2D eigenvalue weighted by Crippen LogP contribution is -2.39. The van der Waals surface area contributed by atoms with Crippen LogP contribution in [0.15, 0.2) is 65.5 Å². The van der Waals surface area contributed by atoms with E-state index in [-0.39, 0.29) is 17.2 Å². The van der Waals surface area contributed by atoms with Crippen LogP contribution in [0.1, 0.15) is 43.4 Å². The highest BCUT2D eigenvalue weighted by molar-refractivity contribution is 5.67. The van der Waals surface area contributed by atoms with E-state index in [4.69, 9.17) is 0 Å². The molecule has 4 heterocycles. The van der Waals surface area contributed by atoms with E-state index in [1.165, 1.54) is 29.2 Å². The molecule has 0 saturated carbocycles. The molecule has 0 radical (unpaired) electrons. The van der Waals surface area contributed by atoms with E-state index in [0.717, 1.165) is 41.2 Å². The molecule has 0 N–H and O–H groups in total. The van der Waals surface area contributed by atoms with Crippen molar-refractivity contribution in [2.75, 3.05) is 6.54 Å². The summed E-state index contributed by atoms with van der Waals surface area (Å²) in [7, 11) is 1.70. The van der Waals surface area contributed by atoms with Gasteiger partial charge in [-0.15, -0.1) is 0 Å². The molecule has 36 heavy (non-hydrogen) atoms. The van der Waals surface area contributed by atoms with Gasteiger partial charge in [0, 0.05) is 80.3 Å². The van der Waals surface area contributed by atoms with Gasteiger partial charge in [0.05, 0.1) is 5.56 Å². The van der Waals surface area contributed by atoms with Crippen LogP contribution in [-0.4, -0.2) is 37.0 Å². The van der Waals surface area contributed by atoms with E-state index in [1.807, 2.05) is 26.8 Å². The second-order valence-corrected chi connectivity index (χ2v) is 8.91. The normalized spacial score (nSPS) is 16.1. The molecule has 0 aliphatic carbocycles. The second kappa shape index (κ2) is 10.2. The molecule has 1 aliphatic heterocycles. The molecule has 1 atom stereocenters. The first-order chi connectivity index (χ1) is 17.1. The number of pyridine rings is 2. The molecule has 0 amide bonds. The molecule has 0 saturated heterocycles. The lowest BCUT2D eigenvalue weighted by molar-refractivity contribution is -0.137. The van der Waals surface area contributed by atoms with E-state index < -0.39 is 11.7 Å². The molecule has 9 heteroatoms. The smallest absolute Gasteiger partial charge is 0.296 e. The Morgan fingerprint density at radius 1 is 1.14 bits per heavy atom. The average Bonchev–Trinajstić information content (AvgIpc) is 2.87. The number of hydrogen-bond donors (Lipinski definition) is 0. The summed E-state index contributed by atoms with van der Waals surface area (Å²) in [6.07, 6.45) is 5.66. The van der Waals surface area contributed by atoms with Gasteiger partial charge < -0.3 is 0 Å². The number of alkyl halides is 3. The third-order valence-electron chi connectivity index (χ3n) is 6.71. The van der Waals surface area contributed by atoms with Gasteiger partial charge in [-0.1, -0.05) is 12.2 Å². The number of fused-ring (bicyclic) bond motifs is 1. The first kappa shape index (κ1) is 25.5. The monoisotopic (exact) mass is 495 g/mol. The highest BCUT2D eigenvalue weighted by Crippen LogP contribution is 2.37. The summed E-state index contributed by atoms with van der Waals surface area (Å²) >= 11 is 0. The van der Waals surface area contributed by atoms with Crippen molar-refractivity contribution < 1.29 is 13.2 Å². The number of nitrogens with zero attached hydrogens (tertiary/aromatic N) is 5. The zero-order chi connectivity index (χ0) is 26.0. The third-order valence-corrected chi connectivity index (χ3v) is 6.71. The number of halogens is 3. The minimum Gasteiger partial charge on any atom is -0.296 e. The van der Waals surface area contributed by atoms with Crippen LogP contribution in [0, 0.1) is 0 Å². The highest BCUT2D eigenvalue weighted by atomic mass is 19.4. The van der Waals surface area contributed by atoms with Gasteiger partial charge in [0.15, 0.2) is 0 Å². The average molecular weight is 496 g/mol. The SMILES string of the molecule is C/C=C\C(/C(C)=C(/C)c1nccc(=O)n1C)N1CCc2ncc(-c3cnccc3C(F)(F)F)cc2C1. The molecule has 6 nitrogen and oxygen atoms in total. The summed E-state index contributed by atoms with van der Waals surface area (Å²) < 4.78 is 42.3. The summed E-state index contributed by atoms with van der Waals surface area (Å²) in [6.45, 7) is 7.19. The van der Waals surface area contributed by atoms with Crippen molar-refractivity contribution in [1.29, 1.82) is 0 Å². The molecule has 1 unspecified atom stereocenters. The van der Waals surface area contributed by atoms with Crippen LogP contribution < -0.4 is 5.56 Å². The van der Waals surface area contributed by atoms with Gasteiger partial charge in [-0.2, -0.15) is 13.2 Å². The maximum absolute atomic E-state index is 13.6. The minimum atomic E-state index is -4.48. The standard InChI is InChI=1S/C27H28F3N5O/c1-5-6-24(17(2)18(3)26-32-11-8-25(36)34(26)4)35-12-9-23-20(16-35)13-19(14-33-23)21-15-31-10-7-22(21)27(28,29)30/h5-8,10-11,13-15,24H,9,12,16H2,1-4H3/b6-5-,18-17-. The Morgan fingerprint density at radius 3 is 2.64 bits per heavy atom. The molecule has 0 aromatic carbocycles. The Bertz CT molecular complexity index is 1390. The minimum absolute atomic E-state index is 0.0189. The van der Waals surface area contributed by atoms with E-state index in [0.29, 0.717) is 24.4 Å². The second-order valence-electron chi connectivity index (χ2n) is 8.91. The summed E-state index contributed by atoms with van der Waals surface area (Å²) in [5.41, 5.74) is 3.28. The largest absolute Gasteiger partial charge is 0.417 e. The van der Waals surface area contributed by atoms with Crippen molar-refractivity contribution in [3.63, 3.8) is 0 Å². The van der Waals surface area contributed by atoms with Crippen molar-refractivity contribution in [1.82, 2.24) is 24.4 Å². The summed E-state index contributed by atoms with van der Waals surface area (Å²) in [5.74, 6) is 0.604. The molecule has 3 aromatic heterocycles. The third kappa shape index (κ3) is 5.02. The van der Waals surface area contributed by atoms with Crippen molar-refractivity contribution in [3.8, 4) is 11.1 Å². The first-order valence-corrected chi connectivity index (χ1v) is 11.7. The molecular formula is C27H28F3N5O. The van der Waals surface area contributed by atoms with Crippen molar-refractivity contribution in [2.24, 2.45) is 7.05 Å². The molecule has 0 fully saturated rings. The number of hydrogen-bond acceptors (Lipinski definition) is 5. The van der Waals surface area contributed by atoms with Gasteiger partial charge in [0.25, 0.3) is 5.56 Å². The fourth-order valence-corrected chi connectivity index (χ4v) is 4.65. The van der Waals surface area contributed by atoms with E-state index in [1.54, 1.807) is 13.1 Å². The molecular weight excluding hydrogens is 467 g/mol. The van der Waals surface area contributed by atoms with Crippen LogP contribution in [0.3, 0.4) is 0 Å². The molecule has 0 bridgehead atoms. The number of aromatic nitrogens is 4. The molecule has 4 rings (SSSR count). The van der Waals surface area contributed by atoms with Gasteiger partial charge >= 0.3 is 6.18 Å². The summed E-state index contributed by atoms with van der Waals surface area (Å²) in [6, 6.07) is 4.13. The zero-order valence-electron chi connectivity index (χ0n) is 20.7. The predicted molar refractivity (Wildman–Crippen MR) is 133 cm³/mol. The van der Waals surface area contributed by atoms with Crippen LogP contribution in [0.2, 0.25) is 0 Å². The number of allylic oxidation sites excluding steroid dienone is 2. The highest BCUT2D eigenvalue weighted by Gasteiger charge is 2.34. The Hall–Kier alpha value is -3.59. The van der Waals surface area contributed by atoms with Crippen LogP contribution in [0.5, 0.6) is 0 Å². The molecule has 188 valence electrons. The van der Waals surface area contributed by atoms with Crippen molar-refractivity contribution >= 4 is 5.57 Å². The lowest BCUT2D eigenvalue weighted by Gasteiger charge is -2.35. The first-order valence-electron chi connectivity index (χ1n) is 11.7. The van der Waals surface area contributed by atoms with Gasteiger partial charge in [-0.05, 0) is 49.6 Å². The zero-order valence-corrected chi connectivity index (χ0v) is 20.7.